The van der Waals surface area contributed by atoms with Crippen LogP contribution in [0.15, 0.2) is 24.3 Å². The zero-order chi connectivity index (χ0) is 19.6. The van der Waals surface area contributed by atoms with Crippen LogP contribution in [0.5, 0.6) is 0 Å². The van der Waals surface area contributed by atoms with Crippen LogP contribution in [0.2, 0.25) is 0 Å². The van der Waals surface area contributed by atoms with Gasteiger partial charge in [0.2, 0.25) is 0 Å². The number of nitrogens with two attached hydrogens (primary N) is 1. The van der Waals surface area contributed by atoms with Crippen LogP contribution in [0, 0.1) is 11.8 Å². The number of carbonyl (C=O) groups is 1. The summed E-state index contributed by atoms with van der Waals surface area (Å²) < 4.78 is 7.38. The molecule has 0 aliphatic carbocycles. The van der Waals surface area contributed by atoms with E-state index >= 15 is 0 Å². The lowest BCUT2D eigenvalue weighted by molar-refractivity contribution is 0.0491. The van der Waals surface area contributed by atoms with Crippen LogP contribution >= 0.6 is 0 Å². The van der Waals surface area contributed by atoms with Gasteiger partial charge in [-0.15, -0.1) is 0 Å². The summed E-state index contributed by atoms with van der Waals surface area (Å²) in [7, 11) is 0. The van der Waals surface area contributed by atoms with E-state index in [1.807, 2.05) is 28.8 Å². The van der Waals surface area contributed by atoms with Gasteiger partial charge in [0.15, 0.2) is 5.65 Å². The summed E-state index contributed by atoms with van der Waals surface area (Å²) in [6, 6.07) is 7.63. The zero-order valence-corrected chi connectivity index (χ0v) is 16.5. The first-order valence-corrected chi connectivity index (χ1v) is 9.60. The Bertz CT molecular complexity index is 960. The van der Waals surface area contributed by atoms with Gasteiger partial charge in [-0.05, 0) is 36.8 Å². The van der Waals surface area contributed by atoms with Gasteiger partial charge in [-0.3, -0.25) is 0 Å². The molecule has 0 atom stereocenters. The Balaban J connectivity index is 2.08. The molecule has 6 heteroatoms. The van der Waals surface area contributed by atoms with E-state index in [2.05, 4.69) is 32.7 Å². The van der Waals surface area contributed by atoms with Gasteiger partial charge in [0.05, 0.1) is 17.6 Å². The maximum absolute atomic E-state index is 12.8. The Morgan fingerprint density at radius 3 is 2.33 bits per heavy atom. The van der Waals surface area contributed by atoms with Crippen molar-refractivity contribution in [3.8, 4) is 0 Å². The second kappa shape index (κ2) is 7.94. The van der Waals surface area contributed by atoms with E-state index in [1.54, 1.807) is 0 Å². The zero-order valence-electron chi connectivity index (χ0n) is 16.5. The monoisotopic (exact) mass is 368 g/mol. The Hall–Kier alpha value is -2.63. The second-order valence-corrected chi connectivity index (χ2v) is 7.80. The largest absolute Gasteiger partial charge is 0.462 e. The number of rotatable bonds is 7. The molecule has 0 radical (unpaired) electrons. The number of fused-ring (bicyclic) bond motifs is 2. The van der Waals surface area contributed by atoms with Gasteiger partial charge in [0, 0.05) is 6.54 Å². The first-order valence-electron chi connectivity index (χ1n) is 9.60. The van der Waals surface area contributed by atoms with Gasteiger partial charge < -0.3 is 15.0 Å². The SMILES string of the molecule is CC(C)CCOC(=O)c1c(N)n(CCC(C)C)c2nc3ccccc3nc12. The number of aromatic nitrogens is 3. The normalized spacial score (nSPS) is 11.8. The predicted octanol–water partition coefficient (Wildman–Crippen LogP) is 4.42. The molecule has 0 spiro atoms. The molecular weight excluding hydrogens is 340 g/mol. The third-order valence-electron chi connectivity index (χ3n) is 4.65. The molecule has 2 N–H and O–H groups in total. The van der Waals surface area contributed by atoms with Crippen molar-refractivity contribution in [2.75, 3.05) is 12.3 Å². The lowest BCUT2D eigenvalue weighted by Crippen LogP contribution is -2.12. The van der Waals surface area contributed by atoms with E-state index < -0.39 is 5.97 Å². The number of hydrogen-bond donors (Lipinski definition) is 1. The van der Waals surface area contributed by atoms with Gasteiger partial charge in [-0.2, -0.15) is 0 Å². The van der Waals surface area contributed by atoms with Gasteiger partial charge in [-0.1, -0.05) is 39.8 Å². The molecule has 0 unspecified atom stereocenters. The lowest BCUT2D eigenvalue weighted by atomic mass is 10.1. The van der Waals surface area contributed by atoms with E-state index in [4.69, 9.17) is 15.5 Å². The molecule has 0 saturated heterocycles. The lowest BCUT2D eigenvalue weighted by Gasteiger charge is -2.10. The van der Waals surface area contributed by atoms with Crippen molar-refractivity contribution in [1.82, 2.24) is 14.5 Å². The average molecular weight is 368 g/mol. The standard InChI is InChI=1S/C21H28N4O2/c1-13(2)9-11-25-19(22)17(21(26)27-12-10-14(3)4)18-20(25)24-16-8-6-5-7-15(16)23-18/h5-8,13-14H,9-12,22H2,1-4H3. The summed E-state index contributed by atoms with van der Waals surface area (Å²) >= 11 is 0. The number of anilines is 1. The molecular formula is C21H28N4O2. The fraction of sp³-hybridized carbons (Fsp3) is 0.476. The van der Waals surface area contributed by atoms with Gasteiger partial charge in [-0.25, -0.2) is 14.8 Å². The third kappa shape index (κ3) is 4.04. The summed E-state index contributed by atoms with van der Waals surface area (Å²) in [4.78, 5) is 22.2. The minimum atomic E-state index is -0.425. The number of benzene rings is 1. The van der Waals surface area contributed by atoms with Gasteiger partial charge in [0.25, 0.3) is 0 Å². The summed E-state index contributed by atoms with van der Waals surface area (Å²) in [5.74, 6) is 0.935. The van der Waals surface area contributed by atoms with Crippen LogP contribution in [0.3, 0.4) is 0 Å². The average Bonchev–Trinajstić information content (AvgIpc) is 2.88. The van der Waals surface area contributed by atoms with Crippen LogP contribution in [-0.2, 0) is 11.3 Å². The highest BCUT2D eigenvalue weighted by Crippen LogP contribution is 2.29. The molecule has 0 bridgehead atoms. The second-order valence-electron chi connectivity index (χ2n) is 7.80. The van der Waals surface area contributed by atoms with Crippen LogP contribution < -0.4 is 5.73 Å². The summed E-state index contributed by atoms with van der Waals surface area (Å²) in [5.41, 5.74) is 9.39. The predicted molar refractivity (Wildman–Crippen MR) is 109 cm³/mol. The highest BCUT2D eigenvalue weighted by Gasteiger charge is 2.25. The Morgan fingerprint density at radius 2 is 1.70 bits per heavy atom. The van der Waals surface area contributed by atoms with Gasteiger partial charge in [0.1, 0.15) is 16.9 Å². The highest BCUT2D eigenvalue weighted by molar-refractivity contribution is 6.08. The first kappa shape index (κ1) is 19.1. The van der Waals surface area contributed by atoms with Crippen molar-refractivity contribution in [1.29, 1.82) is 0 Å². The van der Waals surface area contributed by atoms with Crippen molar-refractivity contribution in [2.24, 2.45) is 11.8 Å². The minimum Gasteiger partial charge on any atom is -0.462 e. The summed E-state index contributed by atoms with van der Waals surface area (Å²) in [6.45, 7) is 9.56. The van der Waals surface area contributed by atoms with Crippen LogP contribution in [0.4, 0.5) is 5.82 Å². The number of aryl methyl sites for hydroxylation is 1. The van der Waals surface area contributed by atoms with Crippen LogP contribution in [-0.4, -0.2) is 27.1 Å². The van der Waals surface area contributed by atoms with E-state index in [0.717, 1.165) is 23.9 Å². The Labute approximate surface area is 159 Å². The fourth-order valence-electron chi connectivity index (χ4n) is 2.99. The smallest absolute Gasteiger partial charge is 0.344 e. The third-order valence-corrected chi connectivity index (χ3v) is 4.65. The molecule has 0 amide bonds. The van der Waals surface area contributed by atoms with Crippen molar-refractivity contribution in [2.45, 2.75) is 47.1 Å². The van der Waals surface area contributed by atoms with E-state index in [-0.39, 0.29) is 0 Å². The van der Waals surface area contributed by atoms with E-state index in [9.17, 15) is 4.79 Å². The molecule has 2 heterocycles. The van der Waals surface area contributed by atoms with Crippen molar-refractivity contribution < 1.29 is 9.53 Å². The molecule has 0 fully saturated rings. The van der Waals surface area contributed by atoms with E-state index in [0.29, 0.717) is 47.5 Å². The molecule has 3 aromatic rings. The van der Waals surface area contributed by atoms with Crippen molar-refractivity contribution in [3.05, 3.63) is 29.8 Å². The number of para-hydroxylation sites is 2. The Morgan fingerprint density at radius 1 is 1.07 bits per heavy atom. The molecule has 0 saturated carbocycles. The molecule has 3 rings (SSSR count). The fourth-order valence-corrected chi connectivity index (χ4v) is 2.99. The maximum atomic E-state index is 12.8. The minimum absolute atomic E-state index is 0.329. The van der Waals surface area contributed by atoms with Crippen LogP contribution in [0.25, 0.3) is 22.2 Å². The number of hydrogen-bond acceptors (Lipinski definition) is 5. The number of nitrogen functional groups attached to an aromatic ring is 1. The summed E-state index contributed by atoms with van der Waals surface area (Å²) in [6.07, 6.45) is 1.75. The first-order chi connectivity index (χ1) is 12.9. The molecule has 27 heavy (non-hydrogen) atoms. The quantitative estimate of drug-likeness (QED) is 0.624. The molecule has 2 aromatic heterocycles. The molecule has 0 aliphatic heterocycles. The maximum Gasteiger partial charge on any atom is 0.344 e. The highest BCUT2D eigenvalue weighted by atomic mass is 16.5. The molecule has 1 aromatic carbocycles. The van der Waals surface area contributed by atoms with E-state index in [1.165, 1.54) is 0 Å². The van der Waals surface area contributed by atoms with Gasteiger partial charge >= 0.3 is 5.97 Å². The number of ether oxygens (including phenoxy) is 1. The summed E-state index contributed by atoms with van der Waals surface area (Å²) in [5, 5.41) is 0. The van der Waals surface area contributed by atoms with Crippen molar-refractivity contribution in [3.63, 3.8) is 0 Å². The van der Waals surface area contributed by atoms with Crippen LogP contribution in [0.1, 0.15) is 50.9 Å². The molecule has 0 aliphatic rings. The van der Waals surface area contributed by atoms with Crippen molar-refractivity contribution >= 4 is 34.0 Å². The molecule has 6 nitrogen and oxygen atoms in total. The number of esters is 1. The topological polar surface area (TPSA) is 83.0 Å². The number of nitrogens with zero attached hydrogens (tertiary/aromatic N) is 3. The number of carbonyl (C=O) groups excluding carboxylic acids is 1. The molecule has 144 valence electrons. The Kier molecular flexibility index (Phi) is 5.63.